The van der Waals surface area contributed by atoms with Crippen molar-refractivity contribution in [3.05, 3.63) is 23.2 Å². The molecule has 90 valence electrons. The zero-order valence-electron chi connectivity index (χ0n) is 9.89. The zero-order chi connectivity index (χ0) is 12.6. The molecule has 0 fully saturated rings. The van der Waals surface area contributed by atoms with Crippen LogP contribution in [-0.2, 0) is 6.54 Å². The van der Waals surface area contributed by atoms with Crippen molar-refractivity contribution in [2.45, 2.75) is 27.3 Å². The van der Waals surface area contributed by atoms with Crippen LogP contribution in [0.4, 0.5) is 0 Å². The third kappa shape index (κ3) is 1.93. The van der Waals surface area contributed by atoms with E-state index in [-0.39, 0.29) is 5.76 Å². The number of oxazole rings is 1. The highest BCUT2D eigenvalue weighted by molar-refractivity contribution is 5.86. The number of carboxylic acid groups (broad SMARTS) is 1. The van der Waals surface area contributed by atoms with E-state index in [0.717, 1.165) is 5.69 Å². The molecule has 0 aliphatic heterocycles. The van der Waals surface area contributed by atoms with E-state index in [1.54, 1.807) is 11.6 Å². The number of aromatic nitrogens is 3. The third-order valence-corrected chi connectivity index (χ3v) is 2.41. The van der Waals surface area contributed by atoms with Crippen LogP contribution < -0.4 is 0 Å². The number of hydrogen-bond donors (Lipinski definition) is 1. The summed E-state index contributed by atoms with van der Waals surface area (Å²) >= 11 is 0. The molecule has 6 nitrogen and oxygen atoms in total. The van der Waals surface area contributed by atoms with Crippen LogP contribution in [0.3, 0.4) is 0 Å². The molecule has 0 amide bonds. The van der Waals surface area contributed by atoms with Crippen LogP contribution >= 0.6 is 0 Å². The summed E-state index contributed by atoms with van der Waals surface area (Å²) in [6, 6.07) is 1.82. The quantitative estimate of drug-likeness (QED) is 0.878. The lowest BCUT2D eigenvalue weighted by molar-refractivity contribution is 0.0662. The van der Waals surface area contributed by atoms with E-state index < -0.39 is 5.97 Å². The summed E-state index contributed by atoms with van der Waals surface area (Å²) < 4.78 is 6.97. The van der Waals surface area contributed by atoms with Crippen molar-refractivity contribution in [2.75, 3.05) is 0 Å². The van der Waals surface area contributed by atoms with Crippen molar-refractivity contribution in [3.63, 3.8) is 0 Å². The summed E-state index contributed by atoms with van der Waals surface area (Å²) in [6.07, 6.45) is 0. The fourth-order valence-electron chi connectivity index (χ4n) is 1.66. The summed E-state index contributed by atoms with van der Waals surface area (Å²) in [7, 11) is 0. The van der Waals surface area contributed by atoms with Crippen LogP contribution in [-0.4, -0.2) is 25.8 Å². The number of rotatable bonds is 3. The number of hydrogen-bond acceptors (Lipinski definition) is 4. The predicted octanol–water partition coefficient (Wildman–Crippen LogP) is 1.87. The first-order valence-electron chi connectivity index (χ1n) is 5.28. The van der Waals surface area contributed by atoms with Crippen LogP contribution in [0, 0.1) is 13.8 Å². The number of carbonyl (C=O) groups is 1. The van der Waals surface area contributed by atoms with E-state index in [2.05, 4.69) is 10.1 Å². The number of carboxylic acids is 1. The molecule has 0 aliphatic carbocycles. The highest BCUT2D eigenvalue weighted by atomic mass is 16.4. The largest absolute Gasteiger partial charge is 0.475 e. The van der Waals surface area contributed by atoms with Crippen molar-refractivity contribution in [1.82, 2.24) is 14.8 Å². The molecular weight excluding hydrogens is 222 g/mol. The molecule has 0 aromatic carbocycles. The van der Waals surface area contributed by atoms with E-state index in [4.69, 9.17) is 9.52 Å². The minimum atomic E-state index is -1.11. The first-order chi connectivity index (χ1) is 8.02. The van der Waals surface area contributed by atoms with Gasteiger partial charge in [0.1, 0.15) is 5.69 Å². The molecule has 0 aliphatic rings. The van der Waals surface area contributed by atoms with Crippen LogP contribution in [0.5, 0.6) is 0 Å². The Labute approximate surface area is 97.9 Å². The Morgan fingerprint density at radius 2 is 2.24 bits per heavy atom. The summed E-state index contributed by atoms with van der Waals surface area (Å²) in [6.45, 7) is 6.09. The summed E-state index contributed by atoms with van der Waals surface area (Å²) in [5, 5.41) is 13.2. The summed E-state index contributed by atoms with van der Waals surface area (Å²) in [5.74, 6) is -0.940. The van der Waals surface area contributed by atoms with Crippen LogP contribution in [0.1, 0.15) is 28.9 Å². The maximum Gasteiger partial charge on any atom is 0.373 e. The molecular formula is C11H13N3O3. The van der Waals surface area contributed by atoms with Gasteiger partial charge in [-0.25, -0.2) is 9.78 Å². The molecule has 2 rings (SSSR count). The van der Waals surface area contributed by atoms with Crippen LogP contribution in [0.2, 0.25) is 0 Å². The van der Waals surface area contributed by atoms with Gasteiger partial charge in [0, 0.05) is 6.54 Å². The molecule has 6 heteroatoms. The number of aromatic carboxylic acids is 1. The van der Waals surface area contributed by atoms with E-state index >= 15 is 0 Å². The van der Waals surface area contributed by atoms with Crippen molar-refractivity contribution >= 4 is 5.97 Å². The maximum absolute atomic E-state index is 10.9. The van der Waals surface area contributed by atoms with Gasteiger partial charge in [0.05, 0.1) is 11.4 Å². The lowest BCUT2D eigenvalue weighted by atomic mass is 10.3. The Hall–Kier alpha value is -2.11. The number of aryl methyl sites for hydroxylation is 3. The third-order valence-electron chi connectivity index (χ3n) is 2.41. The molecule has 0 bridgehead atoms. The van der Waals surface area contributed by atoms with Crippen LogP contribution in [0.25, 0.3) is 11.6 Å². The fourth-order valence-corrected chi connectivity index (χ4v) is 1.66. The first kappa shape index (κ1) is 11.4. The Morgan fingerprint density at radius 3 is 2.76 bits per heavy atom. The Bertz CT molecular complexity index is 569. The molecule has 0 saturated heterocycles. The highest BCUT2D eigenvalue weighted by Gasteiger charge is 2.19. The molecule has 0 unspecified atom stereocenters. The maximum atomic E-state index is 10.9. The second-order valence-corrected chi connectivity index (χ2v) is 3.73. The lowest BCUT2D eigenvalue weighted by Gasteiger charge is -1.98. The molecule has 1 N–H and O–H groups in total. The standard InChI is InChI=1S/C11H13N3O3/c1-4-14-8(5-6(2)13-14)10-12-7(3)9(17-10)11(15)16/h5H,4H2,1-3H3,(H,15,16). The van der Waals surface area contributed by atoms with Gasteiger partial charge in [-0.3, -0.25) is 4.68 Å². The van der Waals surface area contributed by atoms with E-state index in [0.29, 0.717) is 23.8 Å². The lowest BCUT2D eigenvalue weighted by Crippen LogP contribution is -1.99. The van der Waals surface area contributed by atoms with Gasteiger partial charge < -0.3 is 9.52 Å². The molecule has 17 heavy (non-hydrogen) atoms. The molecule has 0 saturated carbocycles. The van der Waals surface area contributed by atoms with Crippen molar-refractivity contribution in [1.29, 1.82) is 0 Å². The minimum absolute atomic E-state index is 0.124. The molecule has 0 atom stereocenters. The Balaban J connectivity index is 2.53. The van der Waals surface area contributed by atoms with Crippen LogP contribution in [0.15, 0.2) is 10.5 Å². The Kier molecular flexibility index (Phi) is 2.71. The topological polar surface area (TPSA) is 81.2 Å². The average Bonchev–Trinajstić information content (AvgIpc) is 2.81. The average molecular weight is 235 g/mol. The van der Waals surface area contributed by atoms with E-state index in [1.807, 2.05) is 19.9 Å². The normalized spacial score (nSPS) is 10.8. The zero-order valence-corrected chi connectivity index (χ0v) is 9.89. The van der Waals surface area contributed by atoms with Gasteiger partial charge in [-0.15, -0.1) is 0 Å². The molecule has 2 aromatic rings. The second kappa shape index (κ2) is 4.04. The summed E-state index contributed by atoms with van der Waals surface area (Å²) in [4.78, 5) is 15.0. The van der Waals surface area contributed by atoms with E-state index in [9.17, 15) is 4.79 Å². The van der Waals surface area contributed by atoms with E-state index in [1.165, 1.54) is 0 Å². The molecule has 2 aromatic heterocycles. The minimum Gasteiger partial charge on any atom is -0.475 e. The predicted molar refractivity (Wildman–Crippen MR) is 59.8 cm³/mol. The van der Waals surface area contributed by atoms with Gasteiger partial charge >= 0.3 is 5.97 Å². The van der Waals surface area contributed by atoms with Crippen molar-refractivity contribution < 1.29 is 14.3 Å². The smallest absolute Gasteiger partial charge is 0.373 e. The van der Waals surface area contributed by atoms with Gasteiger partial charge in [0.25, 0.3) is 0 Å². The SMILES string of the molecule is CCn1nc(C)cc1-c1nc(C)c(C(=O)O)o1. The monoisotopic (exact) mass is 235 g/mol. The Morgan fingerprint density at radius 1 is 1.53 bits per heavy atom. The first-order valence-corrected chi connectivity index (χ1v) is 5.28. The van der Waals surface area contributed by atoms with Crippen molar-refractivity contribution in [2.24, 2.45) is 0 Å². The van der Waals surface area contributed by atoms with Gasteiger partial charge in [0.2, 0.25) is 11.7 Å². The highest BCUT2D eigenvalue weighted by Crippen LogP contribution is 2.22. The van der Waals surface area contributed by atoms with Gasteiger partial charge in [-0.1, -0.05) is 0 Å². The van der Waals surface area contributed by atoms with Crippen molar-refractivity contribution in [3.8, 4) is 11.6 Å². The van der Waals surface area contributed by atoms with Gasteiger partial charge in [-0.2, -0.15) is 5.10 Å². The molecule has 0 radical (unpaired) electrons. The summed E-state index contributed by atoms with van der Waals surface area (Å²) in [5.41, 5.74) is 1.91. The molecule has 2 heterocycles. The van der Waals surface area contributed by atoms with Gasteiger partial charge in [-0.05, 0) is 26.8 Å². The number of nitrogens with zero attached hydrogens (tertiary/aromatic N) is 3. The molecule has 0 spiro atoms. The van der Waals surface area contributed by atoms with Gasteiger partial charge in [0.15, 0.2) is 0 Å². The fraction of sp³-hybridized carbons (Fsp3) is 0.364. The second-order valence-electron chi connectivity index (χ2n) is 3.73.